The van der Waals surface area contributed by atoms with Gasteiger partial charge in [-0.25, -0.2) is 0 Å². The van der Waals surface area contributed by atoms with Crippen LogP contribution in [0.15, 0.2) is 36.4 Å². The Balaban J connectivity index is 1.07. The Kier molecular flexibility index (Phi) is 8.92. The SMILES string of the molecule is COc1cc(O)c2c3c1O[C@H]1[C@H](N(CCCc4ccccc4)C(=O)CCCCC4CCCCC4)CC[C@H]4[C@@H](C2)N(CC2CC2)CC[C@@]341. The summed E-state index contributed by atoms with van der Waals surface area (Å²) in [6, 6.07) is 13.0. The molecule has 2 aliphatic heterocycles. The molecule has 3 saturated carbocycles. The minimum Gasteiger partial charge on any atom is -0.508 e. The highest BCUT2D eigenvalue weighted by Crippen LogP contribution is 2.66. The summed E-state index contributed by atoms with van der Waals surface area (Å²) in [5.41, 5.74) is 3.46. The molecule has 0 unspecified atom stereocenters. The van der Waals surface area contributed by atoms with E-state index in [0.717, 1.165) is 87.6 Å². The van der Waals surface area contributed by atoms with E-state index in [1.807, 2.05) is 0 Å². The van der Waals surface area contributed by atoms with Crippen LogP contribution in [-0.2, 0) is 23.1 Å². The third-order valence-electron chi connectivity index (χ3n) is 13.3. The molecule has 6 aliphatic rings. The molecule has 2 heterocycles. The normalized spacial score (nSPS) is 29.6. The van der Waals surface area contributed by atoms with Crippen molar-refractivity contribution in [3.05, 3.63) is 53.1 Å². The number of aromatic hydroxyl groups is 1. The van der Waals surface area contributed by atoms with Crippen LogP contribution in [0, 0.1) is 17.8 Å². The number of carbonyl (C=O) groups is 1. The number of rotatable bonds is 13. The molecule has 0 aromatic heterocycles. The maximum Gasteiger partial charge on any atom is 0.222 e. The maximum absolute atomic E-state index is 14.4. The van der Waals surface area contributed by atoms with Crippen molar-refractivity contribution in [2.75, 3.05) is 26.7 Å². The summed E-state index contributed by atoms with van der Waals surface area (Å²) >= 11 is 0. The molecule has 6 heteroatoms. The quantitative estimate of drug-likeness (QED) is 0.226. The van der Waals surface area contributed by atoms with Gasteiger partial charge < -0.3 is 19.5 Å². The Labute approximate surface area is 282 Å². The smallest absolute Gasteiger partial charge is 0.222 e. The number of benzene rings is 2. The number of nitrogens with zero attached hydrogens (tertiary/aromatic N) is 2. The van der Waals surface area contributed by atoms with Gasteiger partial charge >= 0.3 is 0 Å². The number of piperidine rings is 1. The van der Waals surface area contributed by atoms with Crippen LogP contribution in [0.1, 0.15) is 113 Å². The van der Waals surface area contributed by atoms with Crippen LogP contribution >= 0.6 is 0 Å². The molecule has 2 bridgehead atoms. The van der Waals surface area contributed by atoms with E-state index in [-0.39, 0.29) is 17.6 Å². The lowest BCUT2D eigenvalue weighted by Gasteiger charge is -2.60. The summed E-state index contributed by atoms with van der Waals surface area (Å²) < 4.78 is 13.0. The first-order valence-corrected chi connectivity index (χ1v) is 19.2. The van der Waals surface area contributed by atoms with E-state index in [0.29, 0.717) is 35.8 Å². The number of aryl methyl sites for hydroxylation is 1. The molecule has 1 saturated heterocycles. The Morgan fingerprint density at radius 2 is 1.85 bits per heavy atom. The number of ether oxygens (including phenoxy) is 2. The molecule has 4 fully saturated rings. The topological polar surface area (TPSA) is 62.2 Å². The van der Waals surface area contributed by atoms with E-state index < -0.39 is 0 Å². The van der Waals surface area contributed by atoms with Crippen LogP contribution < -0.4 is 9.47 Å². The van der Waals surface area contributed by atoms with Crippen molar-refractivity contribution in [1.82, 2.24) is 9.80 Å². The maximum atomic E-state index is 14.4. The minimum atomic E-state index is -0.179. The molecule has 2 aromatic rings. The average Bonchev–Trinajstić information content (AvgIpc) is 3.86. The molecule has 254 valence electrons. The zero-order valence-corrected chi connectivity index (χ0v) is 28.6. The first kappa shape index (κ1) is 31.5. The number of phenolic OH excluding ortho intramolecular Hbond substituents is 1. The molecule has 1 amide bonds. The van der Waals surface area contributed by atoms with Gasteiger partial charge in [0.1, 0.15) is 11.9 Å². The van der Waals surface area contributed by atoms with E-state index in [1.165, 1.54) is 69.0 Å². The van der Waals surface area contributed by atoms with Crippen LogP contribution in [0.3, 0.4) is 0 Å². The summed E-state index contributed by atoms with van der Waals surface area (Å²) in [6.45, 7) is 3.03. The molecule has 2 aromatic carbocycles. The van der Waals surface area contributed by atoms with E-state index >= 15 is 0 Å². The van der Waals surface area contributed by atoms with E-state index in [2.05, 4.69) is 40.1 Å². The number of methoxy groups -OCH3 is 1. The van der Waals surface area contributed by atoms with Crippen molar-refractivity contribution in [2.24, 2.45) is 17.8 Å². The predicted molar refractivity (Wildman–Crippen MR) is 185 cm³/mol. The summed E-state index contributed by atoms with van der Waals surface area (Å²) in [4.78, 5) is 19.4. The second-order valence-corrected chi connectivity index (χ2v) is 16.0. The third-order valence-corrected chi connectivity index (χ3v) is 13.3. The lowest BCUT2D eigenvalue weighted by atomic mass is 9.50. The number of amides is 1. The average molecular weight is 641 g/mol. The van der Waals surface area contributed by atoms with E-state index in [9.17, 15) is 9.90 Å². The van der Waals surface area contributed by atoms with E-state index in [4.69, 9.17) is 9.47 Å². The number of phenols is 1. The minimum absolute atomic E-state index is 0.0358. The highest BCUT2D eigenvalue weighted by Gasteiger charge is 2.67. The summed E-state index contributed by atoms with van der Waals surface area (Å²) in [5.74, 6) is 4.35. The molecule has 4 aliphatic carbocycles. The first-order valence-electron chi connectivity index (χ1n) is 19.2. The van der Waals surface area contributed by atoms with Crippen molar-refractivity contribution in [2.45, 2.75) is 133 Å². The number of unbranched alkanes of at least 4 members (excludes halogenated alkanes) is 1. The first-order chi connectivity index (χ1) is 23.1. The second kappa shape index (κ2) is 13.3. The second-order valence-electron chi connectivity index (χ2n) is 16.0. The fraction of sp³-hybridized carbons (Fsp3) is 0.683. The Morgan fingerprint density at radius 1 is 1.02 bits per heavy atom. The molecule has 47 heavy (non-hydrogen) atoms. The van der Waals surface area contributed by atoms with Gasteiger partial charge in [0.2, 0.25) is 5.91 Å². The Hall–Kier alpha value is -2.73. The highest BCUT2D eigenvalue weighted by molar-refractivity contribution is 5.77. The van der Waals surface area contributed by atoms with Crippen LogP contribution in [0.4, 0.5) is 0 Å². The molecule has 0 radical (unpaired) electrons. The van der Waals surface area contributed by atoms with Crippen molar-refractivity contribution in [3.8, 4) is 17.2 Å². The van der Waals surface area contributed by atoms with Gasteiger partial charge in [-0.1, -0.05) is 75.3 Å². The van der Waals surface area contributed by atoms with Gasteiger partial charge in [0.05, 0.1) is 13.2 Å². The summed E-state index contributed by atoms with van der Waals surface area (Å²) in [7, 11) is 1.69. The highest BCUT2D eigenvalue weighted by atomic mass is 16.5. The molecule has 1 N–H and O–H groups in total. The lowest BCUT2D eigenvalue weighted by molar-refractivity contribution is -0.143. The van der Waals surface area contributed by atoms with Gasteiger partial charge in [-0.15, -0.1) is 0 Å². The third kappa shape index (κ3) is 5.85. The van der Waals surface area contributed by atoms with Crippen LogP contribution in [0.25, 0.3) is 0 Å². The molecule has 6 nitrogen and oxygen atoms in total. The Morgan fingerprint density at radius 3 is 2.64 bits per heavy atom. The standard InChI is InChI=1S/C41H56N2O4/c1-46-36-26-35(44)31-25-34-32-20-21-33(40-41(32,38(31)39(36)47-40)22-24-42(34)27-30-18-19-30)43(23-10-16-29-13-6-3-7-14-29)37(45)17-9-8-15-28-11-4-2-5-12-28/h3,6-7,13-14,26,28,30,32-34,40,44H,2,4-5,8-12,15-25,27H2,1H3/t32-,33+,34+,40-,41-/m0/s1. The number of hydrogen-bond donors (Lipinski definition) is 1. The van der Waals surface area contributed by atoms with Gasteiger partial charge in [-0.2, -0.15) is 0 Å². The van der Waals surface area contributed by atoms with Crippen molar-refractivity contribution in [3.63, 3.8) is 0 Å². The zero-order valence-electron chi connectivity index (χ0n) is 28.6. The fourth-order valence-electron chi connectivity index (χ4n) is 10.9. The van der Waals surface area contributed by atoms with Crippen molar-refractivity contribution >= 4 is 5.91 Å². The van der Waals surface area contributed by atoms with Gasteiger partial charge in [0, 0.05) is 48.2 Å². The van der Waals surface area contributed by atoms with Crippen LogP contribution in [0.5, 0.6) is 17.2 Å². The lowest BCUT2D eigenvalue weighted by Crippen LogP contribution is -2.69. The van der Waals surface area contributed by atoms with Gasteiger partial charge in [0.15, 0.2) is 11.5 Å². The molecule has 8 rings (SSSR count). The molecular weight excluding hydrogens is 584 g/mol. The molecular formula is C41H56N2O4. The number of carbonyl (C=O) groups excluding carboxylic acids is 1. The van der Waals surface area contributed by atoms with Gasteiger partial charge in [0.25, 0.3) is 0 Å². The molecule has 1 spiro atoms. The zero-order chi connectivity index (χ0) is 32.0. The van der Waals surface area contributed by atoms with Gasteiger partial charge in [-0.3, -0.25) is 9.69 Å². The monoisotopic (exact) mass is 640 g/mol. The predicted octanol–water partition coefficient (Wildman–Crippen LogP) is 7.82. The van der Waals surface area contributed by atoms with E-state index in [1.54, 1.807) is 13.2 Å². The van der Waals surface area contributed by atoms with Crippen LogP contribution in [0.2, 0.25) is 0 Å². The van der Waals surface area contributed by atoms with Gasteiger partial charge in [-0.05, 0) is 87.6 Å². The fourth-order valence-corrected chi connectivity index (χ4v) is 10.9. The van der Waals surface area contributed by atoms with Crippen molar-refractivity contribution in [1.29, 1.82) is 0 Å². The summed E-state index contributed by atoms with van der Waals surface area (Å²) in [6.07, 6.45) is 19.6. The van der Waals surface area contributed by atoms with Crippen LogP contribution in [-0.4, -0.2) is 65.7 Å². The van der Waals surface area contributed by atoms with Crippen molar-refractivity contribution < 1.29 is 19.4 Å². The number of hydrogen-bond acceptors (Lipinski definition) is 5. The number of likely N-dealkylation sites (tertiary alicyclic amines) is 1. The summed E-state index contributed by atoms with van der Waals surface area (Å²) in [5, 5.41) is 11.4. The largest absolute Gasteiger partial charge is 0.508 e. The molecule has 5 atom stereocenters. The Bertz CT molecular complexity index is 1420.